The van der Waals surface area contributed by atoms with Gasteiger partial charge in [-0.2, -0.15) is 5.10 Å². The van der Waals surface area contributed by atoms with E-state index in [0.29, 0.717) is 0 Å². The number of anilines is 1. The summed E-state index contributed by atoms with van der Waals surface area (Å²) < 4.78 is 1.68. The molecule has 0 unspecified atom stereocenters. The summed E-state index contributed by atoms with van der Waals surface area (Å²) in [6.45, 7) is 0. The largest absolute Gasteiger partial charge is 0.322 e. The van der Waals surface area contributed by atoms with E-state index in [9.17, 15) is 4.79 Å². The Bertz CT molecular complexity index is 763. The maximum absolute atomic E-state index is 12.3. The molecule has 1 aromatic heterocycles. The summed E-state index contributed by atoms with van der Waals surface area (Å²) >= 11 is 0. The van der Waals surface area contributed by atoms with Crippen molar-refractivity contribution in [1.29, 1.82) is 0 Å². The van der Waals surface area contributed by atoms with Crippen LogP contribution in [-0.2, 0) is 4.79 Å². The van der Waals surface area contributed by atoms with Gasteiger partial charge in [0, 0.05) is 29.7 Å². The number of aromatic nitrogens is 2. The molecule has 0 atom stereocenters. The first-order chi connectivity index (χ1) is 10.8. The second-order valence-electron chi connectivity index (χ2n) is 4.70. The van der Waals surface area contributed by atoms with Gasteiger partial charge in [0.05, 0.1) is 5.70 Å². The van der Waals surface area contributed by atoms with Gasteiger partial charge in [0.25, 0.3) is 5.91 Å². The van der Waals surface area contributed by atoms with E-state index in [2.05, 4.69) is 10.4 Å². The number of para-hydroxylation sites is 1. The van der Waals surface area contributed by atoms with Crippen molar-refractivity contribution >= 4 is 17.3 Å². The second-order valence-corrected chi connectivity index (χ2v) is 4.70. The van der Waals surface area contributed by atoms with Crippen LogP contribution in [0.15, 0.2) is 85.2 Å². The fraction of sp³-hybridized carbons (Fsp3) is 0. The number of carbonyl (C=O) groups excluding carboxylic acids is 1. The Balaban J connectivity index is 1.91. The summed E-state index contributed by atoms with van der Waals surface area (Å²) in [4.78, 5) is 12.3. The highest BCUT2D eigenvalue weighted by molar-refractivity contribution is 6.03. The van der Waals surface area contributed by atoms with Crippen LogP contribution in [0.3, 0.4) is 0 Å². The van der Waals surface area contributed by atoms with Crippen molar-refractivity contribution in [2.75, 3.05) is 5.32 Å². The molecule has 0 saturated heterocycles. The Morgan fingerprint density at radius 3 is 2.27 bits per heavy atom. The molecule has 4 nitrogen and oxygen atoms in total. The van der Waals surface area contributed by atoms with E-state index < -0.39 is 0 Å². The average molecular weight is 289 g/mol. The lowest BCUT2D eigenvalue weighted by Gasteiger charge is -2.08. The molecule has 22 heavy (non-hydrogen) atoms. The van der Waals surface area contributed by atoms with Gasteiger partial charge in [0.15, 0.2) is 0 Å². The van der Waals surface area contributed by atoms with Crippen LogP contribution in [0, 0.1) is 0 Å². The molecule has 0 bridgehead atoms. The number of carbonyl (C=O) groups is 1. The first kappa shape index (κ1) is 13.8. The lowest BCUT2D eigenvalue weighted by molar-refractivity contribution is -0.111. The van der Waals surface area contributed by atoms with Crippen molar-refractivity contribution in [3.05, 3.63) is 90.8 Å². The van der Waals surface area contributed by atoms with Crippen molar-refractivity contribution in [1.82, 2.24) is 9.78 Å². The normalized spacial score (nSPS) is 11.2. The van der Waals surface area contributed by atoms with Gasteiger partial charge in [0.2, 0.25) is 0 Å². The molecule has 2 aromatic carbocycles. The fourth-order valence-corrected chi connectivity index (χ4v) is 2.13. The standard InChI is InChI=1S/C18H15N3O/c22-18(20-16-10-5-2-6-11-16)14-17(21-13-7-12-19-21)15-8-3-1-4-9-15/h1-14H,(H,20,22)/b17-14-. The summed E-state index contributed by atoms with van der Waals surface area (Å²) in [6.07, 6.45) is 5.05. The number of benzene rings is 2. The van der Waals surface area contributed by atoms with Gasteiger partial charge in [-0.15, -0.1) is 0 Å². The maximum atomic E-state index is 12.3. The predicted octanol–water partition coefficient (Wildman–Crippen LogP) is 3.41. The molecule has 3 aromatic rings. The Morgan fingerprint density at radius 2 is 1.64 bits per heavy atom. The number of hydrogen-bond donors (Lipinski definition) is 1. The summed E-state index contributed by atoms with van der Waals surface area (Å²) in [5.74, 6) is -0.194. The Kier molecular flexibility index (Phi) is 4.11. The van der Waals surface area contributed by atoms with E-state index >= 15 is 0 Å². The molecule has 0 aliphatic heterocycles. The highest BCUT2D eigenvalue weighted by Crippen LogP contribution is 2.16. The fourth-order valence-electron chi connectivity index (χ4n) is 2.13. The van der Waals surface area contributed by atoms with Crippen LogP contribution in [0.25, 0.3) is 5.70 Å². The minimum Gasteiger partial charge on any atom is -0.322 e. The number of nitrogens with one attached hydrogen (secondary N) is 1. The molecule has 0 aliphatic carbocycles. The zero-order chi connectivity index (χ0) is 15.2. The lowest BCUT2D eigenvalue weighted by Crippen LogP contribution is -2.11. The minimum absolute atomic E-state index is 0.194. The van der Waals surface area contributed by atoms with E-state index in [0.717, 1.165) is 16.9 Å². The molecule has 108 valence electrons. The van der Waals surface area contributed by atoms with Crippen LogP contribution in [0.1, 0.15) is 5.56 Å². The van der Waals surface area contributed by atoms with Gasteiger partial charge < -0.3 is 5.32 Å². The molecule has 1 N–H and O–H groups in total. The number of nitrogens with zero attached hydrogens (tertiary/aromatic N) is 2. The van der Waals surface area contributed by atoms with E-state index in [4.69, 9.17) is 0 Å². The third-order valence-electron chi connectivity index (χ3n) is 3.13. The van der Waals surface area contributed by atoms with Crippen LogP contribution in [0.2, 0.25) is 0 Å². The third-order valence-corrected chi connectivity index (χ3v) is 3.13. The van der Waals surface area contributed by atoms with Crippen LogP contribution in [-0.4, -0.2) is 15.7 Å². The SMILES string of the molecule is O=C(/C=C(/c1ccccc1)n1cccn1)Nc1ccccc1. The monoisotopic (exact) mass is 289 g/mol. The van der Waals surface area contributed by atoms with Gasteiger partial charge in [-0.25, -0.2) is 4.68 Å². The van der Waals surface area contributed by atoms with Gasteiger partial charge in [-0.1, -0.05) is 48.5 Å². The summed E-state index contributed by atoms with van der Waals surface area (Å²) in [6, 6.07) is 20.9. The number of hydrogen-bond acceptors (Lipinski definition) is 2. The summed E-state index contributed by atoms with van der Waals surface area (Å²) in [5.41, 5.74) is 2.41. The number of rotatable bonds is 4. The Labute approximate surface area is 128 Å². The first-order valence-corrected chi connectivity index (χ1v) is 6.96. The van der Waals surface area contributed by atoms with Gasteiger partial charge in [-0.3, -0.25) is 4.79 Å². The topological polar surface area (TPSA) is 46.9 Å². The molecule has 4 heteroatoms. The van der Waals surface area contributed by atoms with Gasteiger partial charge in [0.1, 0.15) is 0 Å². The van der Waals surface area contributed by atoms with E-state index in [1.807, 2.05) is 72.9 Å². The summed E-state index contributed by atoms with van der Waals surface area (Å²) in [7, 11) is 0. The van der Waals surface area contributed by atoms with Gasteiger partial charge >= 0.3 is 0 Å². The molecular formula is C18H15N3O. The second kappa shape index (κ2) is 6.54. The van der Waals surface area contributed by atoms with Gasteiger partial charge in [-0.05, 0) is 18.2 Å². The van der Waals surface area contributed by atoms with Crippen molar-refractivity contribution in [3.63, 3.8) is 0 Å². The van der Waals surface area contributed by atoms with Crippen molar-refractivity contribution in [3.8, 4) is 0 Å². The summed E-state index contributed by atoms with van der Waals surface area (Å²) in [5, 5.41) is 7.07. The maximum Gasteiger partial charge on any atom is 0.250 e. The van der Waals surface area contributed by atoms with E-state index in [1.165, 1.54) is 0 Å². The van der Waals surface area contributed by atoms with E-state index in [-0.39, 0.29) is 5.91 Å². The third kappa shape index (κ3) is 3.30. The Morgan fingerprint density at radius 1 is 0.955 bits per heavy atom. The van der Waals surface area contributed by atoms with Crippen LogP contribution < -0.4 is 5.32 Å². The average Bonchev–Trinajstić information content (AvgIpc) is 3.08. The predicted molar refractivity (Wildman–Crippen MR) is 87.1 cm³/mol. The molecule has 1 amide bonds. The smallest absolute Gasteiger partial charge is 0.250 e. The zero-order valence-corrected chi connectivity index (χ0v) is 11.9. The lowest BCUT2D eigenvalue weighted by atomic mass is 10.1. The van der Waals surface area contributed by atoms with Crippen molar-refractivity contribution < 1.29 is 4.79 Å². The van der Waals surface area contributed by atoms with Crippen LogP contribution in [0.4, 0.5) is 5.69 Å². The minimum atomic E-state index is -0.194. The molecular weight excluding hydrogens is 274 g/mol. The molecule has 0 saturated carbocycles. The zero-order valence-electron chi connectivity index (χ0n) is 11.9. The van der Waals surface area contributed by atoms with Crippen molar-refractivity contribution in [2.45, 2.75) is 0 Å². The first-order valence-electron chi connectivity index (χ1n) is 6.96. The van der Waals surface area contributed by atoms with Crippen LogP contribution >= 0.6 is 0 Å². The quantitative estimate of drug-likeness (QED) is 0.748. The highest BCUT2D eigenvalue weighted by Gasteiger charge is 2.07. The molecule has 1 heterocycles. The molecule has 0 radical (unpaired) electrons. The molecule has 0 spiro atoms. The van der Waals surface area contributed by atoms with Crippen molar-refractivity contribution in [2.24, 2.45) is 0 Å². The highest BCUT2D eigenvalue weighted by atomic mass is 16.1. The molecule has 3 rings (SSSR count). The molecule has 0 fully saturated rings. The molecule has 0 aliphatic rings. The van der Waals surface area contributed by atoms with E-state index in [1.54, 1.807) is 17.0 Å². The number of amides is 1. The Hall–Kier alpha value is -3.14. The van der Waals surface area contributed by atoms with Crippen LogP contribution in [0.5, 0.6) is 0 Å².